The number of amides is 1. The van der Waals surface area contributed by atoms with Gasteiger partial charge in [0.25, 0.3) is 0 Å². The zero-order chi connectivity index (χ0) is 13.2. The fourth-order valence-electron chi connectivity index (χ4n) is 1.51. The molecule has 4 heteroatoms. The van der Waals surface area contributed by atoms with Crippen LogP contribution in [0.15, 0.2) is 24.3 Å². The van der Waals surface area contributed by atoms with Gasteiger partial charge in [-0.2, -0.15) is 0 Å². The lowest BCUT2D eigenvalue weighted by Gasteiger charge is -2.07. The first kappa shape index (κ1) is 14.8. The molecule has 0 spiro atoms. The van der Waals surface area contributed by atoms with E-state index in [1.807, 2.05) is 12.1 Å². The second-order valence-corrected chi connectivity index (χ2v) is 4.55. The van der Waals surface area contributed by atoms with Crippen LogP contribution in [-0.2, 0) is 4.79 Å². The summed E-state index contributed by atoms with van der Waals surface area (Å²) in [7, 11) is 0. The Bertz CT molecular complexity index is 351. The molecule has 1 amide bonds. The Morgan fingerprint density at radius 1 is 1.28 bits per heavy atom. The van der Waals surface area contributed by atoms with Crippen LogP contribution in [0.5, 0.6) is 5.75 Å². The molecule has 3 nitrogen and oxygen atoms in total. The normalized spacial score (nSPS) is 10.1. The zero-order valence-corrected chi connectivity index (χ0v) is 11.5. The Morgan fingerprint density at radius 2 is 2.00 bits per heavy atom. The second-order valence-electron chi connectivity index (χ2n) is 4.11. The largest absolute Gasteiger partial charge is 0.492 e. The van der Waals surface area contributed by atoms with Crippen molar-refractivity contribution in [1.82, 2.24) is 5.32 Å². The Morgan fingerprint density at radius 3 is 2.67 bits per heavy atom. The highest BCUT2D eigenvalue weighted by Crippen LogP contribution is 2.15. The molecule has 0 saturated carbocycles. The third kappa shape index (κ3) is 6.50. The number of hydrogen-bond acceptors (Lipinski definition) is 2. The van der Waals surface area contributed by atoms with Crippen molar-refractivity contribution in [3.8, 4) is 5.75 Å². The third-order valence-corrected chi connectivity index (χ3v) is 2.77. The summed E-state index contributed by atoms with van der Waals surface area (Å²) in [5.74, 6) is 0.864. The van der Waals surface area contributed by atoms with E-state index in [-0.39, 0.29) is 5.91 Å². The van der Waals surface area contributed by atoms with E-state index < -0.39 is 0 Å². The van der Waals surface area contributed by atoms with Crippen LogP contribution in [0.2, 0.25) is 5.02 Å². The van der Waals surface area contributed by atoms with E-state index >= 15 is 0 Å². The lowest BCUT2D eigenvalue weighted by molar-refractivity contribution is -0.121. The van der Waals surface area contributed by atoms with E-state index in [2.05, 4.69) is 12.2 Å². The minimum absolute atomic E-state index is 0.100. The predicted molar refractivity (Wildman–Crippen MR) is 74.1 cm³/mol. The molecule has 1 N–H and O–H groups in total. The fraction of sp³-hybridized carbons (Fsp3) is 0.500. The van der Waals surface area contributed by atoms with Gasteiger partial charge in [0.15, 0.2) is 0 Å². The van der Waals surface area contributed by atoms with Crippen molar-refractivity contribution >= 4 is 17.5 Å². The first-order chi connectivity index (χ1) is 8.72. The quantitative estimate of drug-likeness (QED) is 0.735. The molecular weight excluding hydrogens is 250 g/mol. The molecule has 1 rings (SSSR count). The Labute approximate surface area is 113 Å². The maximum Gasteiger partial charge on any atom is 0.220 e. The number of benzene rings is 1. The smallest absolute Gasteiger partial charge is 0.220 e. The van der Waals surface area contributed by atoms with Gasteiger partial charge in [0.1, 0.15) is 12.4 Å². The molecule has 0 atom stereocenters. The van der Waals surface area contributed by atoms with E-state index in [4.69, 9.17) is 16.3 Å². The van der Waals surface area contributed by atoms with Crippen LogP contribution in [0.3, 0.4) is 0 Å². The van der Waals surface area contributed by atoms with Gasteiger partial charge in [-0.05, 0) is 30.7 Å². The van der Waals surface area contributed by atoms with Gasteiger partial charge in [-0.25, -0.2) is 0 Å². The molecule has 0 heterocycles. The molecule has 1 aromatic rings. The highest BCUT2D eigenvalue weighted by Gasteiger charge is 2.00. The summed E-state index contributed by atoms with van der Waals surface area (Å²) >= 11 is 5.76. The maximum atomic E-state index is 11.4. The van der Waals surface area contributed by atoms with Crippen LogP contribution in [0.1, 0.15) is 32.6 Å². The molecule has 0 aromatic heterocycles. The molecule has 0 bridgehead atoms. The van der Waals surface area contributed by atoms with Gasteiger partial charge >= 0.3 is 0 Å². The standard InChI is InChI=1S/C14H20ClNO2/c1-2-3-4-5-14(17)16-10-11-18-13-8-6-12(15)7-9-13/h6-9H,2-5,10-11H2,1H3,(H,16,17). The fourth-order valence-corrected chi connectivity index (χ4v) is 1.64. The number of halogens is 1. The summed E-state index contributed by atoms with van der Waals surface area (Å²) in [4.78, 5) is 11.4. The molecule has 0 fully saturated rings. The summed E-state index contributed by atoms with van der Waals surface area (Å²) < 4.78 is 5.46. The van der Waals surface area contributed by atoms with Crippen LogP contribution < -0.4 is 10.1 Å². The summed E-state index contributed by atoms with van der Waals surface area (Å²) in [6.45, 7) is 3.13. The molecular formula is C14H20ClNO2. The molecule has 0 radical (unpaired) electrons. The zero-order valence-electron chi connectivity index (χ0n) is 10.7. The first-order valence-corrected chi connectivity index (χ1v) is 6.75. The van der Waals surface area contributed by atoms with Crippen molar-refractivity contribution in [3.63, 3.8) is 0 Å². The van der Waals surface area contributed by atoms with Crippen LogP contribution in [-0.4, -0.2) is 19.1 Å². The number of carbonyl (C=O) groups is 1. The number of ether oxygens (including phenoxy) is 1. The van der Waals surface area contributed by atoms with Gasteiger partial charge in [-0.1, -0.05) is 31.4 Å². The van der Waals surface area contributed by atoms with Gasteiger partial charge in [-0.3, -0.25) is 4.79 Å². The minimum Gasteiger partial charge on any atom is -0.492 e. The van der Waals surface area contributed by atoms with Crippen molar-refractivity contribution < 1.29 is 9.53 Å². The van der Waals surface area contributed by atoms with Crippen molar-refractivity contribution in [3.05, 3.63) is 29.3 Å². The number of hydrogen-bond donors (Lipinski definition) is 1. The molecule has 1 aromatic carbocycles. The van der Waals surface area contributed by atoms with Gasteiger partial charge < -0.3 is 10.1 Å². The molecule has 0 aliphatic rings. The molecule has 0 aliphatic carbocycles. The summed E-state index contributed by atoms with van der Waals surface area (Å²) in [5, 5.41) is 3.52. The highest BCUT2D eigenvalue weighted by molar-refractivity contribution is 6.30. The van der Waals surface area contributed by atoms with E-state index in [1.54, 1.807) is 12.1 Å². The van der Waals surface area contributed by atoms with Crippen LogP contribution in [0.25, 0.3) is 0 Å². The van der Waals surface area contributed by atoms with Crippen LogP contribution >= 0.6 is 11.6 Å². The van der Waals surface area contributed by atoms with Crippen molar-refractivity contribution in [2.24, 2.45) is 0 Å². The third-order valence-electron chi connectivity index (χ3n) is 2.51. The van der Waals surface area contributed by atoms with E-state index in [0.717, 1.165) is 25.0 Å². The monoisotopic (exact) mass is 269 g/mol. The maximum absolute atomic E-state index is 11.4. The van der Waals surface area contributed by atoms with Gasteiger partial charge in [0.2, 0.25) is 5.91 Å². The Kier molecular flexibility index (Phi) is 7.26. The molecule has 0 aliphatic heterocycles. The van der Waals surface area contributed by atoms with E-state index in [9.17, 15) is 4.79 Å². The first-order valence-electron chi connectivity index (χ1n) is 6.37. The minimum atomic E-state index is 0.100. The lowest BCUT2D eigenvalue weighted by Crippen LogP contribution is -2.27. The molecule has 100 valence electrons. The van der Waals surface area contributed by atoms with Crippen LogP contribution in [0.4, 0.5) is 0 Å². The Hall–Kier alpha value is -1.22. The summed E-state index contributed by atoms with van der Waals surface area (Å²) in [6, 6.07) is 7.18. The Balaban J connectivity index is 2.07. The number of nitrogens with one attached hydrogen (secondary N) is 1. The van der Waals surface area contributed by atoms with Gasteiger partial charge in [0.05, 0.1) is 6.54 Å². The molecule has 0 unspecified atom stereocenters. The summed E-state index contributed by atoms with van der Waals surface area (Å²) in [6.07, 6.45) is 3.80. The molecule has 0 saturated heterocycles. The topological polar surface area (TPSA) is 38.3 Å². The van der Waals surface area contributed by atoms with Crippen molar-refractivity contribution in [2.75, 3.05) is 13.2 Å². The predicted octanol–water partition coefficient (Wildman–Crippen LogP) is 3.42. The molecule has 18 heavy (non-hydrogen) atoms. The number of carbonyl (C=O) groups excluding carboxylic acids is 1. The SMILES string of the molecule is CCCCCC(=O)NCCOc1ccc(Cl)cc1. The van der Waals surface area contributed by atoms with E-state index in [1.165, 1.54) is 0 Å². The number of rotatable bonds is 8. The lowest BCUT2D eigenvalue weighted by atomic mass is 10.2. The van der Waals surface area contributed by atoms with Crippen molar-refractivity contribution in [2.45, 2.75) is 32.6 Å². The van der Waals surface area contributed by atoms with Gasteiger partial charge in [-0.15, -0.1) is 0 Å². The average molecular weight is 270 g/mol. The van der Waals surface area contributed by atoms with Crippen molar-refractivity contribution in [1.29, 1.82) is 0 Å². The van der Waals surface area contributed by atoms with Gasteiger partial charge in [0, 0.05) is 11.4 Å². The average Bonchev–Trinajstić information content (AvgIpc) is 2.37. The summed E-state index contributed by atoms with van der Waals surface area (Å²) in [5.41, 5.74) is 0. The second kappa shape index (κ2) is 8.81. The van der Waals surface area contributed by atoms with E-state index in [0.29, 0.717) is 24.6 Å². The number of unbranched alkanes of at least 4 members (excludes halogenated alkanes) is 2. The highest BCUT2D eigenvalue weighted by atomic mass is 35.5. The van der Waals surface area contributed by atoms with Crippen LogP contribution in [0, 0.1) is 0 Å².